The molecule has 1 saturated heterocycles. The normalized spacial score (nSPS) is 18.7. The molecule has 1 fully saturated rings. The number of rotatable bonds is 4. The highest BCUT2D eigenvalue weighted by Crippen LogP contribution is 2.18. The second-order valence-electron chi connectivity index (χ2n) is 4.92. The van der Waals surface area contributed by atoms with E-state index in [1.54, 1.807) is 0 Å². The molecular formula is C13H22N6O. The van der Waals surface area contributed by atoms with Crippen LogP contribution in [0.3, 0.4) is 0 Å². The molecule has 1 aromatic rings. The molecule has 1 amide bonds. The molecule has 0 saturated carbocycles. The molecule has 6 N–H and O–H groups in total. The van der Waals surface area contributed by atoms with Crippen molar-refractivity contribution in [3.63, 3.8) is 0 Å². The zero-order chi connectivity index (χ0) is 14.5. The molecule has 0 radical (unpaired) electrons. The van der Waals surface area contributed by atoms with Crippen LogP contribution in [0.15, 0.2) is 12.3 Å². The number of carbonyl (C=O) groups is 1. The number of hydrogen-bond donors (Lipinski definition) is 5. The third kappa shape index (κ3) is 3.11. The van der Waals surface area contributed by atoms with Crippen molar-refractivity contribution in [2.45, 2.75) is 18.9 Å². The molecule has 1 aliphatic heterocycles. The monoisotopic (exact) mass is 278 g/mol. The Morgan fingerprint density at radius 1 is 1.65 bits per heavy atom. The maximum Gasteiger partial charge on any atom is 0.234 e. The van der Waals surface area contributed by atoms with E-state index in [2.05, 4.69) is 15.6 Å². The third-order valence-electron chi connectivity index (χ3n) is 3.54. The zero-order valence-electron chi connectivity index (χ0n) is 11.7. The number of amidine groups is 1. The first kappa shape index (κ1) is 14.4. The first-order valence-corrected chi connectivity index (χ1v) is 6.84. The molecule has 1 unspecified atom stereocenters. The molecule has 20 heavy (non-hydrogen) atoms. The number of nitrogens with zero attached hydrogens (tertiary/aromatic N) is 1. The van der Waals surface area contributed by atoms with Crippen LogP contribution in [0.25, 0.3) is 0 Å². The van der Waals surface area contributed by atoms with Gasteiger partial charge in [-0.3, -0.25) is 10.2 Å². The summed E-state index contributed by atoms with van der Waals surface area (Å²) >= 11 is 0. The lowest BCUT2D eigenvalue weighted by Gasteiger charge is -2.34. The Balaban J connectivity index is 2.01. The van der Waals surface area contributed by atoms with Crippen molar-refractivity contribution in [1.82, 2.24) is 15.2 Å². The quantitative estimate of drug-likeness (QED) is 0.392. The first-order chi connectivity index (χ1) is 9.65. The summed E-state index contributed by atoms with van der Waals surface area (Å²) in [7, 11) is 1.82. The van der Waals surface area contributed by atoms with Crippen molar-refractivity contribution in [3.05, 3.63) is 17.8 Å². The van der Waals surface area contributed by atoms with E-state index in [4.69, 9.17) is 11.1 Å². The predicted octanol–water partition coefficient (Wildman–Crippen LogP) is -0.0789. The molecule has 7 heteroatoms. The van der Waals surface area contributed by atoms with E-state index < -0.39 is 0 Å². The predicted molar refractivity (Wildman–Crippen MR) is 79.0 cm³/mol. The molecule has 1 aromatic heterocycles. The van der Waals surface area contributed by atoms with Gasteiger partial charge in [0.1, 0.15) is 11.7 Å². The van der Waals surface area contributed by atoms with Crippen molar-refractivity contribution in [2.75, 3.05) is 32.0 Å². The number of H-pyrrole nitrogens is 1. The van der Waals surface area contributed by atoms with E-state index in [9.17, 15) is 4.79 Å². The van der Waals surface area contributed by atoms with Crippen LogP contribution in [-0.2, 0) is 4.79 Å². The van der Waals surface area contributed by atoms with Gasteiger partial charge in [0.25, 0.3) is 0 Å². The van der Waals surface area contributed by atoms with Crippen LogP contribution in [-0.4, -0.2) is 54.4 Å². The number of carbonyl (C=O) groups excluding carboxylic acids is 1. The smallest absolute Gasteiger partial charge is 0.234 e. The van der Waals surface area contributed by atoms with Gasteiger partial charge in [0.15, 0.2) is 0 Å². The Hall–Kier alpha value is -2.02. The van der Waals surface area contributed by atoms with E-state index in [0.717, 1.165) is 30.8 Å². The maximum absolute atomic E-state index is 11.4. The number of likely N-dealkylation sites (tertiary alicyclic amines) is 1. The van der Waals surface area contributed by atoms with Crippen molar-refractivity contribution < 1.29 is 4.79 Å². The maximum atomic E-state index is 11.4. The minimum atomic E-state index is -0.138. The van der Waals surface area contributed by atoms with Crippen LogP contribution >= 0.6 is 0 Å². The lowest BCUT2D eigenvalue weighted by Crippen LogP contribution is -2.50. The molecule has 7 nitrogen and oxygen atoms in total. The van der Waals surface area contributed by atoms with Gasteiger partial charge in [0, 0.05) is 32.4 Å². The van der Waals surface area contributed by atoms with Gasteiger partial charge in [-0.05, 0) is 18.9 Å². The Morgan fingerprint density at radius 3 is 3.15 bits per heavy atom. The molecule has 2 heterocycles. The summed E-state index contributed by atoms with van der Waals surface area (Å²) < 4.78 is 0. The molecule has 1 aliphatic rings. The van der Waals surface area contributed by atoms with Gasteiger partial charge < -0.3 is 26.3 Å². The lowest BCUT2D eigenvalue weighted by atomic mass is 10.0. The average molecular weight is 278 g/mol. The third-order valence-corrected chi connectivity index (χ3v) is 3.54. The van der Waals surface area contributed by atoms with Crippen LogP contribution < -0.4 is 16.4 Å². The Labute approximate surface area is 118 Å². The number of hydrogen-bond acceptors (Lipinski definition) is 4. The number of anilines is 1. The molecule has 0 bridgehead atoms. The number of aromatic amines is 1. The van der Waals surface area contributed by atoms with Gasteiger partial charge >= 0.3 is 0 Å². The largest absolute Gasteiger partial charge is 0.374 e. The fourth-order valence-corrected chi connectivity index (χ4v) is 2.53. The van der Waals surface area contributed by atoms with Crippen molar-refractivity contribution >= 4 is 17.6 Å². The summed E-state index contributed by atoms with van der Waals surface area (Å²) in [4.78, 5) is 16.4. The van der Waals surface area contributed by atoms with Crippen LogP contribution in [0.5, 0.6) is 0 Å². The fraction of sp³-hybridized carbons (Fsp3) is 0.538. The van der Waals surface area contributed by atoms with Crippen LogP contribution in [0, 0.1) is 5.41 Å². The Bertz CT molecular complexity index is 483. The number of amides is 1. The topological polar surface area (TPSA) is 110 Å². The van der Waals surface area contributed by atoms with E-state index in [1.807, 2.05) is 24.2 Å². The number of piperidine rings is 1. The molecule has 110 valence electrons. The molecule has 0 aliphatic carbocycles. The number of aromatic nitrogens is 1. The van der Waals surface area contributed by atoms with E-state index >= 15 is 0 Å². The van der Waals surface area contributed by atoms with Gasteiger partial charge in [0.05, 0.1) is 12.1 Å². The minimum Gasteiger partial charge on any atom is -0.374 e. The summed E-state index contributed by atoms with van der Waals surface area (Å²) in [5.74, 6) is 1.17. The second kappa shape index (κ2) is 6.42. The van der Waals surface area contributed by atoms with E-state index in [0.29, 0.717) is 12.4 Å². The van der Waals surface area contributed by atoms with Crippen LogP contribution in [0.1, 0.15) is 18.4 Å². The minimum absolute atomic E-state index is 0.00958. The summed E-state index contributed by atoms with van der Waals surface area (Å²) in [5, 5.41) is 14.3. The van der Waals surface area contributed by atoms with Crippen LogP contribution in [0.2, 0.25) is 0 Å². The van der Waals surface area contributed by atoms with Gasteiger partial charge in [-0.15, -0.1) is 0 Å². The SMILES string of the molecule is CNc1[nH]ccc1C(=N)N1CCCC(NC(=O)CN)C1. The molecule has 0 spiro atoms. The van der Waals surface area contributed by atoms with E-state index in [1.165, 1.54) is 0 Å². The highest BCUT2D eigenvalue weighted by Gasteiger charge is 2.24. The standard InChI is InChI=1S/C13H22N6O/c1-16-13-10(4-5-17-13)12(15)19-6-2-3-9(8-19)18-11(20)7-14/h4-5,9,15-17H,2-3,6-8,14H2,1H3,(H,18,20). The summed E-state index contributed by atoms with van der Waals surface area (Å²) in [6.45, 7) is 1.50. The van der Waals surface area contributed by atoms with E-state index in [-0.39, 0.29) is 18.5 Å². The number of nitrogens with one attached hydrogen (secondary N) is 4. The Morgan fingerprint density at radius 2 is 2.45 bits per heavy atom. The highest BCUT2D eigenvalue weighted by molar-refractivity contribution is 6.00. The van der Waals surface area contributed by atoms with Gasteiger partial charge in [-0.2, -0.15) is 0 Å². The molecule has 1 atom stereocenters. The molecule has 2 rings (SSSR count). The zero-order valence-corrected chi connectivity index (χ0v) is 11.7. The van der Waals surface area contributed by atoms with Gasteiger partial charge in [-0.1, -0.05) is 0 Å². The fourth-order valence-electron chi connectivity index (χ4n) is 2.53. The van der Waals surface area contributed by atoms with Crippen molar-refractivity contribution in [3.8, 4) is 0 Å². The van der Waals surface area contributed by atoms with Crippen LogP contribution in [0.4, 0.5) is 5.82 Å². The Kier molecular flexibility index (Phi) is 4.62. The average Bonchev–Trinajstić information content (AvgIpc) is 2.95. The second-order valence-corrected chi connectivity index (χ2v) is 4.92. The summed E-state index contributed by atoms with van der Waals surface area (Å²) in [6, 6.07) is 1.95. The summed E-state index contributed by atoms with van der Waals surface area (Å²) in [5.41, 5.74) is 6.16. The first-order valence-electron chi connectivity index (χ1n) is 6.84. The van der Waals surface area contributed by atoms with Gasteiger partial charge in [-0.25, -0.2) is 0 Å². The molecule has 0 aromatic carbocycles. The number of nitrogens with two attached hydrogens (primary N) is 1. The van der Waals surface area contributed by atoms with Crippen molar-refractivity contribution in [1.29, 1.82) is 5.41 Å². The van der Waals surface area contributed by atoms with Crippen molar-refractivity contribution in [2.24, 2.45) is 5.73 Å². The lowest BCUT2D eigenvalue weighted by molar-refractivity contribution is -0.120. The molecular weight excluding hydrogens is 256 g/mol. The summed E-state index contributed by atoms with van der Waals surface area (Å²) in [6.07, 6.45) is 3.70. The highest BCUT2D eigenvalue weighted by atomic mass is 16.1. The van der Waals surface area contributed by atoms with Gasteiger partial charge in [0.2, 0.25) is 5.91 Å².